The van der Waals surface area contributed by atoms with Gasteiger partial charge in [-0.2, -0.15) is 0 Å². The van der Waals surface area contributed by atoms with E-state index in [0.717, 1.165) is 0 Å². The molecule has 1 fully saturated rings. The minimum absolute atomic E-state index is 0.0147. The molecule has 214 valence electrons. The summed E-state index contributed by atoms with van der Waals surface area (Å²) in [6.07, 6.45) is -4.53. The number of hydrogen-bond acceptors (Lipinski definition) is 12. The highest BCUT2D eigenvalue weighted by atomic mass is 16.7. The Morgan fingerprint density at radius 3 is 2.38 bits per heavy atom. The van der Waals surface area contributed by atoms with Gasteiger partial charge in [0.1, 0.15) is 29.6 Å². The van der Waals surface area contributed by atoms with Gasteiger partial charge in [-0.1, -0.05) is 12.1 Å². The standard InChI is InChI=1S/C27H29NO10.CH2O/c1-10-22(30)14(28)7-17(37-10)38-16-9-27(35,11(2)29)8-13-19(16)26(34)21-20(24(13)32)23(31)12-5-4-6-15(36-3)18(12)25(21)33;1-2/h4-6,10,14,16-17,22,30,32,34-35H,7-9,28H2,1-3H3;1H2/t10-,14-,16-,17-,22+,27-;/m0./s1. The summed E-state index contributed by atoms with van der Waals surface area (Å²) in [6, 6.07) is 3.75. The maximum atomic E-state index is 13.6. The number of benzene rings is 2. The summed E-state index contributed by atoms with van der Waals surface area (Å²) in [7, 11) is 1.34. The Hall–Kier alpha value is -3.68. The highest BCUT2D eigenvalue weighted by Gasteiger charge is 2.49. The molecule has 1 saturated heterocycles. The van der Waals surface area contributed by atoms with Gasteiger partial charge < -0.3 is 45.2 Å². The fraction of sp³-hybridized carbons (Fsp3) is 0.429. The fourth-order valence-electron chi connectivity index (χ4n) is 5.66. The molecular formula is C28H31NO11. The van der Waals surface area contributed by atoms with Gasteiger partial charge in [-0.15, -0.1) is 0 Å². The van der Waals surface area contributed by atoms with Crippen molar-refractivity contribution in [2.75, 3.05) is 7.11 Å². The van der Waals surface area contributed by atoms with Crippen LogP contribution in [0.15, 0.2) is 18.2 Å². The molecule has 0 radical (unpaired) electrons. The molecule has 12 nitrogen and oxygen atoms in total. The Bertz CT molecular complexity index is 1380. The molecule has 0 aromatic heterocycles. The third-order valence-corrected chi connectivity index (χ3v) is 7.80. The molecule has 1 heterocycles. The lowest BCUT2D eigenvalue weighted by molar-refractivity contribution is -0.247. The topological polar surface area (TPSA) is 203 Å². The highest BCUT2D eigenvalue weighted by molar-refractivity contribution is 6.31. The molecule has 1 aliphatic heterocycles. The zero-order chi connectivity index (χ0) is 29.7. The van der Waals surface area contributed by atoms with Gasteiger partial charge in [0.25, 0.3) is 0 Å². The highest BCUT2D eigenvalue weighted by Crippen LogP contribution is 2.52. The Morgan fingerprint density at radius 1 is 1.12 bits per heavy atom. The first-order valence-corrected chi connectivity index (χ1v) is 12.5. The zero-order valence-corrected chi connectivity index (χ0v) is 22.2. The molecule has 2 aromatic carbocycles. The Labute approximate surface area is 229 Å². The van der Waals surface area contributed by atoms with Gasteiger partial charge in [-0.05, 0) is 19.9 Å². The molecule has 6 atom stereocenters. The quantitative estimate of drug-likeness (QED) is 0.283. The van der Waals surface area contributed by atoms with E-state index in [9.17, 15) is 34.8 Å². The van der Waals surface area contributed by atoms with E-state index in [4.69, 9.17) is 24.7 Å². The number of ketones is 3. The zero-order valence-electron chi connectivity index (χ0n) is 22.2. The van der Waals surface area contributed by atoms with Crippen LogP contribution in [0.5, 0.6) is 17.2 Å². The van der Waals surface area contributed by atoms with Gasteiger partial charge >= 0.3 is 0 Å². The molecule has 5 rings (SSSR count). The second-order valence-electron chi connectivity index (χ2n) is 10.1. The van der Waals surface area contributed by atoms with Crippen LogP contribution in [0.3, 0.4) is 0 Å². The number of carbonyl (C=O) groups excluding carboxylic acids is 4. The molecular weight excluding hydrogens is 526 g/mol. The lowest BCUT2D eigenvalue weighted by Crippen LogP contribution is -2.52. The third-order valence-electron chi connectivity index (χ3n) is 7.80. The van der Waals surface area contributed by atoms with Gasteiger partial charge in [0.2, 0.25) is 5.78 Å². The molecule has 0 bridgehead atoms. The molecule has 12 heteroatoms. The summed E-state index contributed by atoms with van der Waals surface area (Å²) in [5.41, 5.74) is 2.97. The fourth-order valence-corrected chi connectivity index (χ4v) is 5.66. The first kappa shape index (κ1) is 29.3. The molecule has 2 aromatic rings. The van der Waals surface area contributed by atoms with Crippen molar-refractivity contribution in [2.45, 2.75) is 69.4 Å². The summed E-state index contributed by atoms with van der Waals surface area (Å²) in [5.74, 6) is -3.18. The van der Waals surface area contributed by atoms with E-state index in [1.165, 1.54) is 32.2 Å². The van der Waals surface area contributed by atoms with Crippen LogP contribution in [-0.4, -0.2) is 81.8 Å². The summed E-state index contributed by atoms with van der Waals surface area (Å²) >= 11 is 0. The molecule has 0 saturated carbocycles. The van der Waals surface area contributed by atoms with Gasteiger partial charge in [-0.25, -0.2) is 0 Å². The van der Waals surface area contributed by atoms with Crippen molar-refractivity contribution >= 4 is 24.1 Å². The van der Waals surface area contributed by atoms with Crippen LogP contribution >= 0.6 is 0 Å². The number of Topliss-reactive ketones (excluding diaryl/α,β-unsaturated/α-hetero) is 1. The average Bonchev–Trinajstić information content (AvgIpc) is 2.92. The monoisotopic (exact) mass is 557 g/mol. The van der Waals surface area contributed by atoms with Crippen molar-refractivity contribution in [1.82, 2.24) is 0 Å². The van der Waals surface area contributed by atoms with Crippen molar-refractivity contribution in [3.63, 3.8) is 0 Å². The van der Waals surface area contributed by atoms with Crippen LogP contribution in [0, 0.1) is 0 Å². The predicted octanol–water partition coefficient (Wildman–Crippen LogP) is 0.844. The second kappa shape index (κ2) is 10.7. The number of ether oxygens (including phenoxy) is 3. The van der Waals surface area contributed by atoms with E-state index in [1.807, 2.05) is 6.79 Å². The lowest BCUT2D eigenvalue weighted by Gasteiger charge is -2.42. The van der Waals surface area contributed by atoms with Gasteiger partial charge in [0, 0.05) is 42.0 Å². The Balaban J connectivity index is 0.00000181. The van der Waals surface area contributed by atoms with E-state index in [2.05, 4.69) is 0 Å². The van der Waals surface area contributed by atoms with Crippen LogP contribution < -0.4 is 10.5 Å². The minimum Gasteiger partial charge on any atom is -0.507 e. The van der Waals surface area contributed by atoms with E-state index >= 15 is 0 Å². The van der Waals surface area contributed by atoms with Crippen LogP contribution in [0.4, 0.5) is 0 Å². The molecule has 0 amide bonds. The number of fused-ring (bicyclic) bond motifs is 3. The maximum absolute atomic E-state index is 13.6. The number of phenolic OH excluding ortho intramolecular Hbond substituents is 2. The van der Waals surface area contributed by atoms with Crippen molar-refractivity contribution in [3.8, 4) is 17.2 Å². The summed E-state index contributed by atoms with van der Waals surface area (Å²) < 4.78 is 17.1. The Morgan fingerprint density at radius 2 is 1.77 bits per heavy atom. The number of aromatic hydroxyl groups is 2. The predicted molar refractivity (Wildman–Crippen MR) is 137 cm³/mol. The number of hydrogen-bond donors (Lipinski definition) is 5. The molecule has 3 aliphatic rings. The number of methoxy groups -OCH3 is 1. The van der Waals surface area contributed by atoms with Gasteiger partial charge in [-0.3, -0.25) is 14.4 Å². The van der Waals surface area contributed by atoms with E-state index < -0.39 is 82.6 Å². The summed E-state index contributed by atoms with van der Waals surface area (Å²) in [4.78, 5) is 47.6. The van der Waals surface area contributed by atoms with E-state index in [1.54, 1.807) is 6.92 Å². The van der Waals surface area contributed by atoms with Crippen LogP contribution in [0.2, 0.25) is 0 Å². The summed E-state index contributed by atoms with van der Waals surface area (Å²) in [6.45, 7) is 4.79. The summed E-state index contributed by atoms with van der Waals surface area (Å²) in [5, 5.41) is 44.1. The average molecular weight is 558 g/mol. The number of aliphatic hydroxyl groups is 2. The first-order valence-electron chi connectivity index (χ1n) is 12.5. The maximum Gasteiger partial charge on any atom is 0.202 e. The number of carbonyl (C=O) groups is 4. The van der Waals surface area contributed by atoms with Crippen LogP contribution in [0.25, 0.3) is 0 Å². The van der Waals surface area contributed by atoms with Crippen molar-refractivity contribution in [1.29, 1.82) is 0 Å². The van der Waals surface area contributed by atoms with Crippen LogP contribution in [0.1, 0.15) is 75.8 Å². The second-order valence-corrected chi connectivity index (χ2v) is 10.1. The third kappa shape index (κ3) is 4.47. The van der Waals surface area contributed by atoms with Crippen molar-refractivity contribution < 1.29 is 53.8 Å². The van der Waals surface area contributed by atoms with E-state index in [-0.39, 0.29) is 40.8 Å². The van der Waals surface area contributed by atoms with Crippen molar-refractivity contribution in [3.05, 3.63) is 51.6 Å². The van der Waals surface area contributed by atoms with Gasteiger partial charge in [0.15, 0.2) is 17.9 Å². The molecule has 0 spiro atoms. The van der Waals surface area contributed by atoms with Crippen LogP contribution in [-0.2, 0) is 25.5 Å². The smallest absolute Gasteiger partial charge is 0.202 e. The van der Waals surface area contributed by atoms with E-state index in [0.29, 0.717) is 0 Å². The van der Waals surface area contributed by atoms with Gasteiger partial charge in [0.05, 0.1) is 42.1 Å². The SMILES string of the molecule is C=O.COc1cccc2c1C(=O)c1c(O)c3c(c(O)c1C2=O)C[C@@](O)(C(C)=O)C[C@@H]3O[C@H]1C[C@H](N)[C@H](O)[C@H](C)O1. The number of nitrogens with two attached hydrogens (primary N) is 1. The first-order chi connectivity index (χ1) is 18.9. The Kier molecular flexibility index (Phi) is 7.85. The minimum atomic E-state index is -2.00. The number of aliphatic hydroxyl groups excluding tert-OH is 1. The normalized spacial score (nSPS) is 28.9. The molecule has 40 heavy (non-hydrogen) atoms. The van der Waals surface area contributed by atoms with Crippen molar-refractivity contribution in [2.24, 2.45) is 5.73 Å². The number of rotatable bonds is 4. The lowest BCUT2D eigenvalue weighted by atomic mass is 9.72. The molecule has 0 unspecified atom stereocenters. The molecule has 2 aliphatic carbocycles. The molecule has 6 N–H and O–H groups in total. The largest absolute Gasteiger partial charge is 0.507 e. The number of phenols is 2.